The first kappa shape index (κ1) is 17.3. The van der Waals surface area contributed by atoms with Crippen LogP contribution < -0.4 is 16.2 Å². The molecule has 29 heavy (non-hydrogen) atoms. The Hall–Kier alpha value is -3.84. The summed E-state index contributed by atoms with van der Waals surface area (Å²) in [6, 6.07) is 20.0. The highest BCUT2D eigenvalue weighted by molar-refractivity contribution is 5.91. The molecule has 1 amide bonds. The van der Waals surface area contributed by atoms with Gasteiger partial charge in [-0.05, 0) is 23.3 Å². The van der Waals surface area contributed by atoms with E-state index in [0.717, 1.165) is 29.6 Å². The summed E-state index contributed by atoms with van der Waals surface area (Å²) in [6.45, 7) is 1.46. The summed E-state index contributed by atoms with van der Waals surface area (Å²) in [7, 11) is 0. The number of anilines is 1. The molecule has 7 heteroatoms. The molecule has 0 radical (unpaired) electrons. The summed E-state index contributed by atoms with van der Waals surface area (Å²) in [4.78, 5) is 27.7. The average Bonchev–Trinajstić information content (AvgIpc) is 3.22. The zero-order valence-electron chi connectivity index (χ0n) is 15.5. The molecule has 0 unspecified atom stereocenters. The van der Waals surface area contributed by atoms with Crippen LogP contribution in [0.2, 0.25) is 0 Å². The van der Waals surface area contributed by atoms with Crippen molar-refractivity contribution in [2.45, 2.75) is 13.1 Å². The lowest BCUT2D eigenvalue weighted by atomic mass is 10.1. The molecule has 0 bridgehead atoms. The monoisotopic (exact) mass is 382 g/mol. The van der Waals surface area contributed by atoms with Gasteiger partial charge in [-0.15, -0.1) is 0 Å². The van der Waals surface area contributed by atoms with Crippen molar-refractivity contribution in [3.63, 3.8) is 0 Å². The van der Waals surface area contributed by atoms with E-state index in [9.17, 15) is 4.79 Å². The maximum atomic E-state index is 12.2. The standard InChI is InChI=1S/C22H18N6O/c23-27-22(29)21-25-19(15-8-7-14-6-3-9-24-18(14)10-15)11-20(26-21)28-12-16-4-1-2-5-17(16)13-28/h1-11H,12-13,23H2,(H,27,29). The van der Waals surface area contributed by atoms with E-state index in [1.165, 1.54) is 11.1 Å². The smallest absolute Gasteiger partial charge is 0.303 e. The van der Waals surface area contributed by atoms with E-state index < -0.39 is 5.91 Å². The van der Waals surface area contributed by atoms with Gasteiger partial charge in [-0.3, -0.25) is 15.2 Å². The predicted molar refractivity (Wildman–Crippen MR) is 111 cm³/mol. The van der Waals surface area contributed by atoms with Crippen LogP contribution in [0.1, 0.15) is 21.7 Å². The summed E-state index contributed by atoms with van der Waals surface area (Å²) in [5, 5.41) is 1.04. The number of aromatic nitrogens is 3. The number of carbonyl (C=O) groups excluding carboxylic acids is 1. The quantitative estimate of drug-likeness (QED) is 0.321. The van der Waals surface area contributed by atoms with Crippen LogP contribution in [0.15, 0.2) is 66.9 Å². The van der Waals surface area contributed by atoms with Crippen molar-refractivity contribution in [2.75, 3.05) is 4.90 Å². The first-order valence-corrected chi connectivity index (χ1v) is 9.28. The number of hydrazine groups is 1. The Kier molecular flexibility index (Phi) is 4.14. The zero-order valence-corrected chi connectivity index (χ0v) is 15.5. The van der Waals surface area contributed by atoms with Gasteiger partial charge in [-0.1, -0.05) is 42.5 Å². The highest BCUT2D eigenvalue weighted by Gasteiger charge is 2.22. The number of hydrogen-bond acceptors (Lipinski definition) is 6. The van der Waals surface area contributed by atoms with Gasteiger partial charge in [0, 0.05) is 36.3 Å². The Labute approximate surface area is 167 Å². The van der Waals surface area contributed by atoms with E-state index in [1.807, 2.05) is 48.5 Å². The Morgan fingerprint density at radius 2 is 1.76 bits per heavy atom. The minimum atomic E-state index is -0.524. The highest BCUT2D eigenvalue weighted by atomic mass is 16.2. The van der Waals surface area contributed by atoms with Gasteiger partial charge in [-0.2, -0.15) is 0 Å². The van der Waals surface area contributed by atoms with Crippen molar-refractivity contribution in [3.8, 4) is 11.3 Å². The van der Waals surface area contributed by atoms with Gasteiger partial charge < -0.3 is 4.90 Å². The van der Waals surface area contributed by atoms with Crippen LogP contribution in [-0.4, -0.2) is 20.9 Å². The van der Waals surface area contributed by atoms with Crippen LogP contribution in [0, 0.1) is 0 Å². The fourth-order valence-electron chi connectivity index (χ4n) is 3.63. The third-order valence-electron chi connectivity index (χ3n) is 5.11. The highest BCUT2D eigenvalue weighted by Crippen LogP contribution is 2.30. The van der Waals surface area contributed by atoms with Crippen molar-refractivity contribution in [3.05, 3.63) is 83.8 Å². The maximum absolute atomic E-state index is 12.2. The van der Waals surface area contributed by atoms with Gasteiger partial charge in [0.2, 0.25) is 5.82 Å². The normalized spacial score (nSPS) is 12.8. The fraction of sp³-hybridized carbons (Fsp3) is 0.0909. The van der Waals surface area contributed by atoms with Crippen LogP contribution in [-0.2, 0) is 13.1 Å². The van der Waals surface area contributed by atoms with Crippen molar-refractivity contribution >= 4 is 22.6 Å². The number of carbonyl (C=O) groups is 1. The van der Waals surface area contributed by atoms with E-state index >= 15 is 0 Å². The molecule has 3 N–H and O–H groups in total. The molecule has 0 saturated heterocycles. The second-order valence-corrected chi connectivity index (χ2v) is 6.94. The van der Waals surface area contributed by atoms with Crippen LogP contribution in [0.5, 0.6) is 0 Å². The van der Waals surface area contributed by atoms with E-state index in [1.54, 1.807) is 6.20 Å². The number of nitrogens with zero attached hydrogens (tertiary/aromatic N) is 4. The number of amides is 1. The largest absolute Gasteiger partial charge is 0.348 e. The van der Waals surface area contributed by atoms with Gasteiger partial charge >= 0.3 is 5.91 Å². The molecule has 2 aromatic carbocycles. The number of nitrogens with one attached hydrogen (secondary N) is 1. The Morgan fingerprint density at radius 3 is 2.52 bits per heavy atom. The summed E-state index contributed by atoms with van der Waals surface area (Å²) in [5.41, 5.74) is 7.02. The van der Waals surface area contributed by atoms with Crippen molar-refractivity contribution in [1.82, 2.24) is 20.4 Å². The molecule has 1 aliphatic heterocycles. The molecule has 0 saturated carbocycles. The number of benzene rings is 2. The van der Waals surface area contributed by atoms with Crippen molar-refractivity contribution in [2.24, 2.45) is 5.84 Å². The summed E-state index contributed by atoms with van der Waals surface area (Å²) < 4.78 is 0. The molecule has 0 fully saturated rings. The van der Waals surface area contributed by atoms with Crippen molar-refractivity contribution < 1.29 is 4.79 Å². The van der Waals surface area contributed by atoms with Gasteiger partial charge in [0.1, 0.15) is 5.82 Å². The second-order valence-electron chi connectivity index (χ2n) is 6.94. The van der Waals surface area contributed by atoms with Gasteiger partial charge in [-0.25, -0.2) is 15.8 Å². The molecule has 4 aromatic rings. The molecule has 3 heterocycles. The number of rotatable bonds is 3. The molecule has 7 nitrogen and oxygen atoms in total. The third kappa shape index (κ3) is 3.17. The molecule has 5 rings (SSSR count). The zero-order chi connectivity index (χ0) is 19.8. The molecule has 0 aliphatic carbocycles. The number of nitrogen functional groups attached to an aromatic ring is 1. The summed E-state index contributed by atoms with van der Waals surface area (Å²) in [5.74, 6) is 5.54. The molecular formula is C22H18N6O. The van der Waals surface area contributed by atoms with E-state index in [2.05, 4.69) is 37.4 Å². The van der Waals surface area contributed by atoms with Gasteiger partial charge in [0.05, 0.1) is 11.2 Å². The van der Waals surface area contributed by atoms with E-state index in [-0.39, 0.29) is 5.82 Å². The number of pyridine rings is 1. The first-order valence-electron chi connectivity index (χ1n) is 9.28. The number of fused-ring (bicyclic) bond motifs is 2. The topological polar surface area (TPSA) is 97.0 Å². The molecule has 1 aliphatic rings. The van der Waals surface area contributed by atoms with Crippen LogP contribution in [0.4, 0.5) is 5.82 Å². The molecule has 0 atom stereocenters. The second kappa shape index (κ2) is 6.96. The van der Waals surface area contributed by atoms with Crippen LogP contribution in [0.3, 0.4) is 0 Å². The van der Waals surface area contributed by atoms with Gasteiger partial charge in [0.25, 0.3) is 0 Å². The van der Waals surface area contributed by atoms with Crippen LogP contribution >= 0.6 is 0 Å². The number of nitrogens with two attached hydrogens (primary N) is 1. The summed E-state index contributed by atoms with van der Waals surface area (Å²) >= 11 is 0. The van der Waals surface area contributed by atoms with Crippen molar-refractivity contribution in [1.29, 1.82) is 0 Å². The van der Waals surface area contributed by atoms with Gasteiger partial charge in [0.15, 0.2) is 0 Å². The minimum absolute atomic E-state index is 0.0390. The maximum Gasteiger partial charge on any atom is 0.303 e. The molecule has 2 aromatic heterocycles. The molecular weight excluding hydrogens is 364 g/mol. The Morgan fingerprint density at radius 1 is 0.966 bits per heavy atom. The molecule has 142 valence electrons. The van der Waals surface area contributed by atoms with E-state index in [0.29, 0.717) is 11.5 Å². The third-order valence-corrected chi connectivity index (χ3v) is 5.11. The average molecular weight is 382 g/mol. The first-order chi connectivity index (χ1) is 14.2. The molecule has 0 spiro atoms. The van der Waals surface area contributed by atoms with E-state index in [4.69, 9.17) is 5.84 Å². The lowest BCUT2D eigenvalue weighted by molar-refractivity contribution is 0.0943. The summed E-state index contributed by atoms with van der Waals surface area (Å²) in [6.07, 6.45) is 1.76. The number of hydrogen-bond donors (Lipinski definition) is 2. The Bertz CT molecular complexity index is 1210. The SMILES string of the molecule is NNC(=O)c1nc(-c2ccc3cccnc3c2)cc(N2Cc3ccccc3C2)n1. The minimum Gasteiger partial charge on any atom is -0.348 e. The lowest BCUT2D eigenvalue weighted by Gasteiger charge is -2.18. The fourth-order valence-corrected chi connectivity index (χ4v) is 3.63. The van der Waals surface area contributed by atoms with Crippen LogP contribution in [0.25, 0.3) is 22.2 Å². The predicted octanol–water partition coefficient (Wildman–Crippen LogP) is 2.82. The Balaban J connectivity index is 1.60. The lowest BCUT2D eigenvalue weighted by Crippen LogP contribution is -2.32.